The average Bonchev–Trinajstić information content (AvgIpc) is 3.07. The van der Waals surface area contributed by atoms with E-state index in [9.17, 15) is 9.59 Å². The van der Waals surface area contributed by atoms with E-state index in [4.69, 9.17) is 9.84 Å². The van der Waals surface area contributed by atoms with Gasteiger partial charge in [-0.15, -0.1) is 11.3 Å². The van der Waals surface area contributed by atoms with Crippen molar-refractivity contribution in [3.8, 4) is 5.75 Å². The Morgan fingerprint density at radius 1 is 1.21 bits per heavy atom. The molecule has 0 aliphatic carbocycles. The van der Waals surface area contributed by atoms with Crippen LogP contribution in [0, 0.1) is 0 Å². The lowest BCUT2D eigenvalue weighted by molar-refractivity contribution is -0.121. The molecule has 0 saturated heterocycles. The van der Waals surface area contributed by atoms with Crippen molar-refractivity contribution in [2.24, 2.45) is 0 Å². The average molecular weight is 347 g/mol. The van der Waals surface area contributed by atoms with Crippen molar-refractivity contribution in [1.82, 2.24) is 5.32 Å². The highest BCUT2D eigenvalue weighted by atomic mass is 32.1. The number of methoxy groups -OCH3 is 1. The van der Waals surface area contributed by atoms with Crippen LogP contribution in [-0.4, -0.2) is 24.1 Å². The molecular formula is C18H21NO4S. The Morgan fingerprint density at radius 3 is 2.46 bits per heavy atom. The first-order valence-corrected chi connectivity index (χ1v) is 8.57. The molecule has 2 aromatic rings. The van der Waals surface area contributed by atoms with Crippen LogP contribution in [-0.2, 0) is 11.3 Å². The maximum Gasteiger partial charge on any atom is 0.345 e. The van der Waals surface area contributed by atoms with Crippen molar-refractivity contribution >= 4 is 23.2 Å². The summed E-state index contributed by atoms with van der Waals surface area (Å²) >= 11 is 1.18. The molecule has 1 heterocycles. The summed E-state index contributed by atoms with van der Waals surface area (Å²) in [6.45, 7) is 2.41. The maximum absolute atomic E-state index is 12.2. The Labute approximate surface area is 145 Å². The monoisotopic (exact) mass is 347 g/mol. The number of hydrogen-bond acceptors (Lipinski definition) is 4. The van der Waals surface area contributed by atoms with Crippen LogP contribution in [0.4, 0.5) is 0 Å². The van der Waals surface area contributed by atoms with E-state index in [1.807, 2.05) is 24.3 Å². The van der Waals surface area contributed by atoms with Gasteiger partial charge in [0.15, 0.2) is 0 Å². The molecule has 5 nitrogen and oxygen atoms in total. The van der Waals surface area contributed by atoms with Gasteiger partial charge in [0.25, 0.3) is 0 Å². The molecule has 1 aromatic carbocycles. The predicted octanol–water partition coefficient (Wildman–Crippen LogP) is 3.66. The van der Waals surface area contributed by atoms with Gasteiger partial charge in [0, 0.05) is 11.3 Å². The lowest BCUT2D eigenvalue weighted by Gasteiger charge is -2.15. The molecular weight excluding hydrogens is 326 g/mol. The van der Waals surface area contributed by atoms with Gasteiger partial charge in [-0.05, 0) is 42.2 Å². The fourth-order valence-electron chi connectivity index (χ4n) is 2.44. The van der Waals surface area contributed by atoms with Crippen LogP contribution in [0.3, 0.4) is 0 Å². The Bertz CT molecular complexity index is 693. The normalized spacial score (nSPS) is 11.8. The number of nitrogens with one attached hydrogen (secondary N) is 1. The van der Waals surface area contributed by atoms with Gasteiger partial charge >= 0.3 is 5.97 Å². The molecule has 0 aliphatic heterocycles. The Balaban J connectivity index is 1.89. The van der Waals surface area contributed by atoms with Crippen LogP contribution in [0.25, 0.3) is 0 Å². The number of benzene rings is 1. The van der Waals surface area contributed by atoms with Crippen molar-refractivity contribution in [2.75, 3.05) is 7.11 Å². The fraction of sp³-hybridized carbons (Fsp3) is 0.333. The number of carbonyl (C=O) groups excluding carboxylic acids is 1. The third-order valence-electron chi connectivity index (χ3n) is 3.84. The first-order chi connectivity index (χ1) is 11.5. The van der Waals surface area contributed by atoms with E-state index in [-0.39, 0.29) is 16.7 Å². The predicted molar refractivity (Wildman–Crippen MR) is 93.8 cm³/mol. The highest BCUT2D eigenvalue weighted by Crippen LogP contribution is 2.25. The van der Waals surface area contributed by atoms with E-state index in [0.717, 1.165) is 22.6 Å². The van der Waals surface area contributed by atoms with Crippen LogP contribution in [0.2, 0.25) is 0 Å². The number of carbonyl (C=O) groups is 2. The van der Waals surface area contributed by atoms with E-state index >= 15 is 0 Å². The number of carboxylic acid groups (broad SMARTS) is 1. The number of amides is 1. The second-order valence-electron chi connectivity index (χ2n) is 5.43. The van der Waals surface area contributed by atoms with Gasteiger partial charge in [0.1, 0.15) is 10.6 Å². The molecule has 0 saturated carbocycles. The molecule has 0 bridgehead atoms. The minimum atomic E-state index is -0.942. The van der Waals surface area contributed by atoms with Crippen LogP contribution in [0.15, 0.2) is 36.4 Å². The zero-order chi connectivity index (χ0) is 17.5. The van der Waals surface area contributed by atoms with Gasteiger partial charge < -0.3 is 15.2 Å². The van der Waals surface area contributed by atoms with Crippen molar-refractivity contribution in [3.63, 3.8) is 0 Å². The highest BCUT2D eigenvalue weighted by Gasteiger charge is 2.15. The van der Waals surface area contributed by atoms with E-state index < -0.39 is 5.97 Å². The standard InChI is InChI=1S/C18H21NO4S/c1-3-12(13-4-6-14(23-2)7-5-13)10-17(20)19-11-15-8-9-16(24-15)18(21)22/h4-9,12H,3,10-11H2,1-2H3,(H,19,20)(H,21,22). The second-order valence-corrected chi connectivity index (χ2v) is 6.60. The lowest BCUT2D eigenvalue weighted by Crippen LogP contribution is -2.24. The van der Waals surface area contributed by atoms with E-state index in [1.165, 1.54) is 11.3 Å². The van der Waals surface area contributed by atoms with Crippen LogP contribution in [0.1, 0.15) is 45.8 Å². The zero-order valence-corrected chi connectivity index (χ0v) is 14.6. The molecule has 0 aliphatic rings. The van der Waals surface area contributed by atoms with E-state index in [2.05, 4.69) is 12.2 Å². The quantitative estimate of drug-likeness (QED) is 0.764. The minimum absolute atomic E-state index is 0.0389. The third-order valence-corrected chi connectivity index (χ3v) is 4.92. The number of thiophene rings is 1. The molecule has 1 aromatic heterocycles. The van der Waals surface area contributed by atoms with Gasteiger partial charge in [0.2, 0.25) is 5.91 Å². The van der Waals surface area contributed by atoms with Gasteiger partial charge in [-0.1, -0.05) is 19.1 Å². The van der Waals surface area contributed by atoms with Crippen LogP contribution >= 0.6 is 11.3 Å². The van der Waals surface area contributed by atoms with Gasteiger partial charge in [-0.2, -0.15) is 0 Å². The molecule has 2 N–H and O–H groups in total. The van der Waals surface area contributed by atoms with Gasteiger partial charge in [-0.3, -0.25) is 4.79 Å². The van der Waals surface area contributed by atoms with Crippen LogP contribution in [0.5, 0.6) is 5.75 Å². The molecule has 6 heteroatoms. The summed E-state index contributed by atoms with van der Waals surface area (Å²) in [4.78, 5) is 24.1. The summed E-state index contributed by atoms with van der Waals surface area (Å²) < 4.78 is 5.15. The number of ether oxygens (including phenoxy) is 1. The maximum atomic E-state index is 12.2. The molecule has 0 fully saturated rings. The number of rotatable bonds is 8. The van der Waals surface area contributed by atoms with Gasteiger partial charge in [0.05, 0.1) is 13.7 Å². The molecule has 2 rings (SSSR count). The minimum Gasteiger partial charge on any atom is -0.497 e. The molecule has 128 valence electrons. The van der Waals surface area contributed by atoms with Crippen molar-refractivity contribution in [1.29, 1.82) is 0 Å². The molecule has 1 atom stereocenters. The van der Waals surface area contributed by atoms with Crippen molar-refractivity contribution < 1.29 is 19.4 Å². The van der Waals surface area contributed by atoms with Gasteiger partial charge in [-0.25, -0.2) is 4.79 Å². The summed E-state index contributed by atoms with van der Waals surface area (Å²) in [5.41, 5.74) is 1.11. The summed E-state index contributed by atoms with van der Waals surface area (Å²) in [7, 11) is 1.63. The summed E-state index contributed by atoms with van der Waals surface area (Å²) in [6.07, 6.45) is 1.27. The van der Waals surface area contributed by atoms with Crippen molar-refractivity contribution in [3.05, 3.63) is 51.7 Å². The molecule has 1 amide bonds. The highest BCUT2D eigenvalue weighted by molar-refractivity contribution is 7.13. The summed E-state index contributed by atoms with van der Waals surface area (Å²) in [5, 5.41) is 11.8. The largest absolute Gasteiger partial charge is 0.497 e. The molecule has 24 heavy (non-hydrogen) atoms. The number of hydrogen-bond donors (Lipinski definition) is 2. The molecule has 1 unspecified atom stereocenters. The number of aromatic carboxylic acids is 1. The summed E-state index contributed by atoms with van der Waals surface area (Å²) in [5.74, 6) is -0.0371. The van der Waals surface area contributed by atoms with E-state index in [0.29, 0.717) is 13.0 Å². The third kappa shape index (κ3) is 4.83. The Morgan fingerprint density at radius 2 is 1.92 bits per heavy atom. The molecule has 0 spiro atoms. The Kier molecular flexibility index (Phi) is 6.37. The van der Waals surface area contributed by atoms with Crippen LogP contribution < -0.4 is 10.1 Å². The first kappa shape index (κ1) is 18.0. The Hall–Kier alpha value is -2.34. The first-order valence-electron chi connectivity index (χ1n) is 7.76. The number of carboxylic acids is 1. The topological polar surface area (TPSA) is 75.6 Å². The molecule has 0 radical (unpaired) electrons. The SMILES string of the molecule is CCC(CC(=O)NCc1ccc(C(=O)O)s1)c1ccc(OC)cc1. The lowest BCUT2D eigenvalue weighted by atomic mass is 9.93. The smallest absolute Gasteiger partial charge is 0.345 e. The van der Waals surface area contributed by atoms with E-state index in [1.54, 1.807) is 19.2 Å². The zero-order valence-electron chi connectivity index (χ0n) is 13.7. The fourth-order valence-corrected chi connectivity index (χ4v) is 3.23. The van der Waals surface area contributed by atoms with Crippen molar-refractivity contribution in [2.45, 2.75) is 32.2 Å². The summed E-state index contributed by atoms with van der Waals surface area (Å²) in [6, 6.07) is 11.1. The second kappa shape index (κ2) is 8.49.